The number of para-hydroxylation sites is 3. The maximum absolute atomic E-state index is 10.1. The van der Waals surface area contributed by atoms with Gasteiger partial charge in [0.15, 0.2) is 0 Å². The zero-order valence-corrected chi connectivity index (χ0v) is 16.9. The van der Waals surface area contributed by atoms with E-state index >= 15 is 0 Å². The summed E-state index contributed by atoms with van der Waals surface area (Å²) in [6.07, 6.45) is 3.34. The van der Waals surface area contributed by atoms with Crippen molar-refractivity contribution in [3.05, 3.63) is 89.5 Å². The first-order chi connectivity index (χ1) is 14.5. The Morgan fingerprint density at radius 2 is 1.40 bits per heavy atom. The highest BCUT2D eigenvalue weighted by molar-refractivity contribution is 5.84. The molecule has 4 rings (SSSR count). The first kappa shape index (κ1) is 19.7. The number of phenols is 2. The van der Waals surface area contributed by atoms with Crippen molar-refractivity contribution in [1.82, 2.24) is 0 Å². The molecule has 1 aliphatic heterocycles. The number of aliphatic imine (C=N–C) groups is 2. The van der Waals surface area contributed by atoms with Gasteiger partial charge >= 0.3 is 0 Å². The zero-order chi connectivity index (χ0) is 21.1. The van der Waals surface area contributed by atoms with E-state index in [-0.39, 0.29) is 23.5 Å². The Hall–Kier alpha value is -3.60. The molecule has 3 atom stereocenters. The quantitative estimate of drug-likeness (QED) is 0.597. The second kappa shape index (κ2) is 8.03. The van der Waals surface area contributed by atoms with Gasteiger partial charge in [0.25, 0.3) is 0 Å². The molecule has 1 aliphatic rings. The average Bonchev–Trinajstić information content (AvgIpc) is 2.75. The first-order valence-corrected chi connectivity index (χ1v) is 9.90. The smallest absolute Gasteiger partial charge is 0.202 e. The highest BCUT2D eigenvalue weighted by Crippen LogP contribution is 2.46. The summed E-state index contributed by atoms with van der Waals surface area (Å²) in [5.41, 5.74) is 1.39. The van der Waals surface area contributed by atoms with Gasteiger partial charge in [-0.25, -0.2) is 4.99 Å². The van der Waals surface area contributed by atoms with Crippen LogP contribution in [0.25, 0.3) is 0 Å². The number of benzene rings is 3. The van der Waals surface area contributed by atoms with Gasteiger partial charge in [0.2, 0.25) is 5.72 Å². The molecule has 2 N–H and O–H groups in total. The second-order valence-electron chi connectivity index (χ2n) is 7.58. The molecule has 0 aliphatic carbocycles. The summed E-state index contributed by atoms with van der Waals surface area (Å²) < 4.78 is 6.30. The van der Waals surface area contributed by atoms with Crippen molar-refractivity contribution in [1.29, 1.82) is 0 Å². The molecule has 30 heavy (non-hydrogen) atoms. The standard InChI is InChI=1S/C25H24N2O3/c1-17-24(26-15-18-9-3-6-12-21(18)28)20-11-5-8-14-23(20)30-25(17,2)27-16-19-10-4-7-13-22(19)29/h3-17,24,28-29H,1-2H3/b26-15?,27-16+. The maximum atomic E-state index is 10.1. The SMILES string of the molecule is CC1C(N=Cc2ccccc2O)c2ccccc2OC1(C)/N=C/c1ccccc1O. The lowest BCUT2D eigenvalue weighted by Gasteiger charge is -2.41. The Labute approximate surface area is 176 Å². The van der Waals surface area contributed by atoms with Crippen LogP contribution < -0.4 is 4.74 Å². The van der Waals surface area contributed by atoms with Crippen molar-refractivity contribution in [2.24, 2.45) is 15.9 Å². The van der Waals surface area contributed by atoms with Gasteiger partial charge in [-0.1, -0.05) is 49.4 Å². The summed E-state index contributed by atoms with van der Waals surface area (Å²) in [5, 5.41) is 20.1. The lowest BCUT2D eigenvalue weighted by atomic mass is 9.84. The monoisotopic (exact) mass is 400 g/mol. The first-order valence-electron chi connectivity index (χ1n) is 9.90. The van der Waals surface area contributed by atoms with Crippen LogP contribution in [0.3, 0.4) is 0 Å². The van der Waals surface area contributed by atoms with E-state index in [1.165, 1.54) is 0 Å². The Morgan fingerprint density at radius 1 is 0.833 bits per heavy atom. The number of aromatic hydroxyl groups is 2. The van der Waals surface area contributed by atoms with Crippen LogP contribution in [-0.4, -0.2) is 28.4 Å². The Morgan fingerprint density at radius 3 is 2.07 bits per heavy atom. The maximum Gasteiger partial charge on any atom is 0.202 e. The summed E-state index contributed by atoms with van der Waals surface area (Å²) in [4.78, 5) is 9.53. The minimum atomic E-state index is -0.878. The molecule has 0 saturated heterocycles. The van der Waals surface area contributed by atoms with Crippen LogP contribution in [0.4, 0.5) is 0 Å². The van der Waals surface area contributed by atoms with Crippen LogP contribution >= 0.6 is 0 Å². The molecule has 152 valence electrons. The van der Waals surface area contributed by atoms with Gasteiger partial charge < -0.3 is 14.9 Å². The van der Waals surface area contributed by atoms with E-state index < -0.39 is 5.72 Å². The number of hydrogen-bond donors (Lipinski definition) is 2. The van der Waals surface area contributed by atoms with Crippen molar-refractivity contribution in [2.75, 3.05) is 0 Å². The lowest BCUT2D eigenvalue weighted by molar-refractivity contribution is 0.0122. The third-order valence-corrected chi connectivity index (χ3v) is 5.58. The third kappa shape index (κ3) is 3.79. The van der Waals surface area contributed by atoms with Crippen molar-refractivity contribution in [3.63, 3.8) is 0 Å². The Kier molecular flexibility index (Phi) is 5.27. The predicted molar refractivity (Wildman–Crippen MR) is 119 cm³/mol. The summed E-state index contributed by atoms with van der Waals surface area (Å²) in [5.74, 6) is 0.987. The number of hydrogen-bond acceptors (Lipinski definition) is 5. The summed E-state index contributed by atoms with van der Waals surface area (Å²) >= 11 is 0. The molecule has 0 fully saturated rings. The molecule has 0 aromatic heterocycles. The number of rotatable bonds is 4. The topological polar surface area (TPSA) is 74.4 Å². The molecule has 3 aromatic rings. The molecule has 3 unspecified atom stereocenters. The molecule has 3 aromatic carbocycles. The van der Waals surface area contributed by atoms with Crippen LogP contribution in [0, 0.1) is 5.92 Å². The molecule has 5 nitrogen and oxygen atoms in total. The van der Waals surface area contributed by atoms with Crippen molar-refractivity contribution >= 4 is 12.4 Å². The van der Waals surface area contributed by atoms with E-state index in [9.17, 15) is 10.2 Å². The fourth-order valence-electron chi connectivity index (χ4n) is 3.60. The van der Waals surface area contributed by atoms with Gasteiger partial charge in [-0.3, -0.25) is 4.99 Å². The summed E-state index contributed by atoms with van der Waals surface area (Å²) in [6.45, 7) is 3.97. The van der Waals surface area contributed by atoms with E-state index in [0.29, 0.717) is 11.1 Å². The van der Waals surface area contributed by atoms with E-state index in [1.807, 2.05) is 56.3 Å². The predicted octanol–water partition coefficient (Wildman–Crippen LogP) is 5.12. The molecule has 1 heterocycles. The third-order valence-electron chi connectivity index (χ3n) is 5.58. The second-order valence-corrected chi connectivity index (χ2v) is 7.58. The van der Waals surface area contributed by atoms with Crippen molar-refractivity contribution in [3.8, 4) is 17.2 Å². The molecule has 0 bridgehead atoms. The minimum Gasteiger partial charge on any atom is -0.507 e. The van der Waals surface area contributed by atoms with Gasteiger partial charge in [0, 0.05) is 35.0 Å². The van der Waals surface area contributed by atoms with Gasteiger partial charge in [0.1, 0.15) is 17.2 Å². The number of ether oxygens (including phenoxy) is 1. The average molecular weight is 400 g/mol. The van der Waals surface area contributed by atoms with Gasteiger partial charge in [-0.2, -0.15) is 0 Å². The van der Waals surface area contributed by atoms with Crippen molar-refractivity contribution in [2.45, 2.75) is 25.6 Å². The number of nitrogens with zero attached hydrogens (tertiary/aromatic N) is 2. The number of phenolic OH excluding ortho intramolecular Hbond substituents is 2. The summed E-state index contributed by atoms with van der Waals surface area (Å²) in [6, 6.07) is 21.8. The fraction of sp³-hybridized carbons (Fsp3) is 0.200. The summed E-state index contributed by atoms with van der Waals surface area (Å²) in [7, 11) is 0. The van der Waals surface area contributed by atoms with Crippen LogP contribution in [0.1, 0.15) is 36.6 Å². The molecule has 5 heteroatoms. The Bertz CT molecular complexity index is 1110. The normalized spacial score (nSPS) is 23.4. The molecule has 0 saturated carbocycles. The molecular formula is C25H24N2O3. The van der Waals surface area contributed by atoms with E-state index in [4.69, 9.17) is 14.7 Å². The van der Waals surface area contributed by atoms with Crippen molar-refractivity contribution < 1.29 is 14.9 Å². The van der Waals surface area contributed by atoms with E-state index in [2.05, 4.69) is 0 Å². The highest BCUT2D eigenvalue weighted by atomic mass is 16.5. The van der Waals surface area contributed by atoms with Crippen LogP contribution in [0.15, 0.2) is 82.8 Å². The van der Waals surface area contributed by atoms with Gasteiger partial charge in [0.05, 0.1) is 6.04 Å². The largest absolute Gasteiger partial charge is 0.507 e. The zero-order valence-electron chi connectivity index (χ0n) is 16.9. The van der Waals surface area contributed by atoms with Crippen LogP contribution in [0.5, 0.6) is 17.2 Å². The van der Waals surface area contributed by atoms with Crippen LogP contribution in [-0.2, 0) is 0 Å². The molecule has 0 radical (unpaired) electrons. The fourth-order valence-corrected chi connectivity index (χ4v) is 3.60. The Balaban J connectivity index is 1.71. The number of fused-ring (bicyclic) bond motifs is 1. The van der Waals surface area contributed by atoms with E-state index in [1.54, 1.807) is 42.8 Å². The highest BCUT2D eigenvalue weighted by Gasteiger charge is 2.43. The molecular weight excluding hydrogens is 376 g/mol. The van der Waals surface area contributed by atoms with E-state index in [0.717, 1.165) is 11.3 Å². The van der Waals surface area contributed by atoms with Gasteiger partial charge in [-0.15, -0.1) is 0 Å². The van der Waals surface area contributed by atoms with Gasteiger partial charge in [-0.05, 0) is 37.3 Å². The molecule has 0 spiro atoms. The lowest BCUT2D eigenvalue weighted by Crippen LogP contribution is -2.44. The minimum absolute atomic E-state index is 0.100. The van der Waals surface area contributed by atoms with Crippen LogP contribution in [0.2, 0.25) is 0 Å². The molecule has 0 amide bonds.